The fraction of sp³-hybridized carbons (Fsp3) is 0.435. The number of halogens is 1. The summed E-state index contributed by atoms with van der Waals surface area (Å²) in [6, 6.07) is 11.9. The third-order valence-corrected chi connectivity index (χ3v) is 5.14. The molecule has 2 aromatic carbocycles. The minimum atomic E-state index is -0.239. The van der Waals surface area contributed by atoms with Crippen LogP contribution in [0.15, 0.2) is 42.5 Å². The lowest BCUT2D eigenvalue weighted by Gasteiger charge is -2.24. The summed E-state index contributed by atoms with van der Waals surface area (Å²) in [5.74, 6) is 0.992. The quantitative estimate of drug-likeness (QED) is 0.648. The molecule has 5 nitrogen and oxygen atoms in total. The van der Waals surface area contributed by atoms with Crippen LogP contribution in [0.2, 0.25) is 0 Å². The van der Waals surface area contributed by atoms with E-state index in [9.17, 15) is 9.18 Å². The zero-order valence-corrected chi connectivity index (χ0v) is 17.2. The van der Waals surface area contributed by atoms with Crippen molar-refractivity contribution >= 4 is 11.6 Å². The molecule has 1 aliphatic rings. The number of anilines is 1. The van der Waals surface area contributed by atoms with Crippen LogP contribution in [0, 0.1) is 5.82 Å². The van der Waals surface area contributed by atoms with Gasteiger partial charge in [0.05, 0.1) is 13.7 Å². The van der Waals surface area contributed by atoms with Crippen molar-refractivity contribution in [3.63, 3.8) is 0 Å². The average molecular weight is 400 g/mol. The van der Waals surface area contributed by atoms with Crippen LogP contribution in [-0.4, -0.2) is 50.7 Å². The molecule has 1 saturated heterocycles. The molecule has 1 heterocycles. The van der Waals surface area contributed by atoms with E-state index < -0.39 is 0 Å². The van der Waals surface area contributed by atoms with Crippen LogP contribution >= 0.6 is 0 Å². The predicted molar refractivity (Wildman–Crippen MR) is 113 cm³/mol. The van der Waals surface area contributed by atoms with Gasteiger partial charge < -0.3 is 19.3 Å². The molecule has 0 aromatic heterocycles. The molecule has 2 aromatic rings. The molecule has 3 rings (SSSR count). The van der Waals surface area contributed by atoms with E-state index in [1.165, 1.54) is 12.1 Å². The zero-order valence-electron chi connectivity index (χ0n) is 17.2. The van der Waals surface area contributed by atoms with Gasteiger partial charge in [-0.25, -0.2) is 4.39 Å². The maximum absolute atomic E-state index is 13.2. The maximum atomic E-state index is 13.2. The molecule has 0 unspecified atom stereocenters. The van der Waals surface area contributed by atoms with Gasteiger partial charge in [0.2, 0.25) is 0 Å². The first kappa shape index (κ1) is 21.0. The number of unbranched alkanes of at least 4 members (excludes halogenated alkanes) is 1. The Morgan fingerprint density at radius 3 is 2.55 bits per heavy atom. The monoisotopic (exact) mass is 400 g/mol. The van der Waals surface area contributed by atoms with E-state index in [1.807, 2.05) is 11.0 Å². The van der Waals surface area contributed by atoms with Crippen molar-refractivity contribution in [2.45, 2.75) is 26.2 Å². The highest BCUT2D eigenvalue weighted by Crippen LogP contribution is 2.29. The van der Waals surface area contributed by atoms with Crippen LogP contribution in [-0.2, 0) is 0 Å². The molecule has 6 heteroatoms. The Morgan fingerprint density at radius 1 is 1.03 bits per heavy atom. The van der Waals surface area contributed by atoms with Crippen molar-refractivity contribution in [2.24, 2.45) is 0 Å². The van der Waals surface area contributed by atoms with Crippen molar-refractivity contribution in [1.29, 1.82) is 0 Å². The van der Waals surface area contributed by atoms with Gasteiger partial charge in [-0.15, -0.1) is 0 Å². The third-order valence-electron chi connectivity index (χ3n) is 5.14. The summed E-state index contributed by atoms with van der Waals surface area (Å²) in [5.41, 5.74) is 1.58. The molecule has 0 saturated carbocycles. The normalized spacial score (nSPS) is 14.4. The average Bonchev–Trinajstić information content (AvgIpc) is 3.00. The fourth-order valence-corrected chi connectivity index (χ4v) is 3.46. The second-order valence-corrected chi connectivity index (χ2v) is 7.18. The van der Waals surface area contributed by atoms with E-state index in [-0.39, 0.29) is 11.7 Å². The van der Waals surface area contributed by atoms with Gasteiger partial charge in [-0.2, -0.15) is 0 Å². The lowest BCUT2D eigenvalue weighted by atomic mass is 10.1. The number of hydrogen-bond donors (Lipinski definition) is 0. The Morgan fingerprint density at radius 2 is 1.83 bits per heavy atom. The largest absolute Gasteiger partial charge is 0.493 e. The van der Waals surface area contributed by atoms with Crippen molar-refractivity contribution < 1.29 is 18.7 Å². The summed E-state index contributed by atoms with van der Waals surface area (Å²) in [6.07, 6.45) is 2.89. The summed E-state index contributed by atoms with van der Waals surface area (Å²) >= 11 is 0. The van der Waals surface area contributed by atoms with Gasteiger partial charge in [-0.3, -0.25) is 4.79 Å². The maximum Gasteiger partial charge on any atom is 0.254 e. The highest BCUT2D eigenvalue weighted by molar-refractivity contribution is 5.95. The Bertz CT molecular complexity index is 810. The molecule has 1 amide bonds. The van der Waals surface area contributed by atoms with Gasteiger partial charge in [0, 0.05) is 37.4 Å². The number of hydrogen-bond acceptors (Lipinski definition) is 4. The van der Waals surface area contributed by atoms with Crippen LogP contribution < -0.4 is 14.4 Å². The summed E-state index contributed by atoms with van der Waals surface area (Å²) in [5, 5.41) is 0. The molecular weight excluding hydrogens is 371 g/mol. The molecule has 0 bridgehead atoms. The van der Waals surface area contributed by atoms with Gasteiger partial charge in [0.1, 0.15) is 5.82 Å². The molecule has 1 aliphatic heterocycles. The Labute approximate surface area is 172 Å². The number of amides is 1. The minimum Gasteiger partial charge on any atom is -0.493 e. The van der Waals surface area contributed by atoms with E-state index in [2.05, 4.69) is 11.8 Å². The van der Waals surface area contributed by atoms with E-state index in [4.69, 9.17) is 9.47 Å². The smallest absolute Gasteiger partial charge is 0.254 e. The molecule has 29 heavy (non-hydrogen) atoms. The summed E-state index contributed by atoms with van der Waals surface area (Å²) < 4.78 is 24.4. The molecule has 0 N–H and O–H groups in total. The van der Waals surface area contributed by atoms with Gasteiger partial charge in [-0.1, -0.05) is 13.3 Å². The lowest BCUT2D eigenvalue weighted by molar-refractivity contribution is 0.0766. The van der Waals surface area contributed by atoms with E-state index in [0.29, 0.717) is 43.3 Å². The summed E-state index contributed by atoms with van der Waals surface area (Å²) in [6.45, 7) is 5.60. The topological polar surface area (TPSA) is 42.0 Å². The first-order valence-electron chi connectivity index (χ1n) is 10.2. The minimum absolute atomic E-state index is 0.00985. The van der Waals surface area contributed by atoms with Gasteiger partial charge in [-0.05, 0) is 55.3 Å². The van der Waals surface area contributed by atoms with E-state index in [1.54, 1.807) is 31.4 Å². The van der Waals surface area contributed by atoms with Gasteiger partial charge >= 0.3 is 0 Å². The summed E-state index contributed by atoms with van der Waals surface area (Å²) in [4.78, 5) is 17.1. The molecule has 0 atom stereocenters. The van der Waals surface area contributed by atoms with Crippen LogP contribution in [0.1, 0.15) is 36.5 Å². The van der Waals surface area contributed by atoms with Crippen LogP contribution in [0.3, 0.4) is 0 Å². The highest BCUT2D eigenvalue weighted by Gasteiger charge is 2.21. The molecule has 1 fully saturated rings. The molecule has 0 radical (unpaired) electrons. The molecular formula is C23H29FN2O3. The SMILES string of the molecule is CCCCOc1ccc(C(=O)N2CCCN(c3ccc(F)cc3)CC2)cc1OC. The van der Waals surface area contributed by atoms with Crippen molar-refractivity contribution in [3.05, 3.63) is 53.8 Å². The number of nitrogens with zero attached hydrogens (tertiary/aromatic N) is 2. The Hall–Kier alpha value is -2.76. The molecule has 0 aliphatic carbocycles. The number of methoxy groups -OCH3 is 1. The zero-order chi connectivity index (χ0) is 20.6. The third kappa shape index (κ3) is 5.40. The number of benzene rings is 2. The number of carbonyl (C=O) groups excluding carboxylic acids is 1. The standard InChI is InChI=1S/C23H29FN2O3/c1-3-4-16-29-21-11-6-18(17-22(21)28-2)23(27)26-13-5-12-25(14-15-26)20-9-7-19(24)8-10-20/h6-11,17H,3-5,12-16H2,1-2H3. The number of ether oxygens (including phenoxy) is 2. The number of rotatable bonds is 7. The van der Waals surface area contributed by atoms with Gasteiger partial charge in [0.15, 0.2) is 11.5 Å². The lowest BCUT2D eigenvalue weighted by Crippen LogP contribution is -2.35. The fourth-order valence-electron chi connectivity index (χ4n) is 3.46. The first-order valence-corrected chi connectivity index (χ1v) is 10.2. The second kappa shape index (κ2) is 10.1. The second-order valence-electron chi connectivity index (χ2n) is 7.18. The van der Waals surface area contributed by atoms with Crippen LogP contribution in [0.25, 0.3) is 0 Å². The van der Waals surface area contributed by atoms with Crippen LogP contribution in [0.5, 0.6) is 11.5 Å². The Balaban J connectivity index is 1.66. The van der Waals surface area contributed by atoms with Crippen molar-refractivity contribution in [2.75, 3.05) is 44.8 Å². The van der Waals surface area contributed by atoms with Crippen molar-refractivity contribution in [3.8, 4) is 11.5 Å². The molecule has 0 spiro atoms. The first-order chi connectivity index (χ1) is 14.1. The Kier molecular flexibility index (Phi) is 7.33. The van der Waals surface area contributed by atoms with Gasteiger partial charge in [0.25, 0.3) is 5.91 Å². The van der Waals surface area contributed by atoms with E-state index in [0.717, 1.165) is 31.5 Å². The van der Waals surface area contributed by atoms with Crippen molar-refractivity contribution in [1.82, 2.24) is 4.90 Å². The predicted octanol–water partition coefficient (Wildman–Crippen LogP) is 4.37. The van der Waals surface area contributed by atoms with Crippen LogP contribution in [0.4, 0.5) is 10.1 Å². The van der Waals surface area contributed by atoms with E-state index >= 15 is 0 Å². The molecule has 156 valence electrons. The summed E-state index contributed by atoms with van der Waals surface area (Å²) in [7, 11) is 1.59. The highest BCUT2D eigenvalue weighted by atomic mass is 19.1. The number of carbonyl (C=O) groups is 1.